The summed E-state index contributed by atoms with van der Waals surface area (Å²) < 4.78 is 43.4. The van der Waals surface area contributed by atoms with Gasteiger partial charge >= 0.3 is 6.18 Å². The molecule has 1 fully saturated rings. The lowest BCUT2D eigenvalue weighted by molar-refractivity contribution is -0.137. The third-order valence-corrected chi connectivity index (χ3v) is 4.68. The van der Waals surface area contributed by atoms with E-state index in [1.165, 1.54) is 29.7 Å². The summed E-state index contributed by atoms with van der Waals surface area (Å²) in [6.45, 7) is 1.39. The van der Waals surface area contributed by atoms with E-state index in [2.05, 4.69) is 4.98 Å². The van der Waals surface area contributed by atoms with E-state index in [9.17, 15) is 18.0 Å². The van der Waals surface area contributed by atoms with E-state index < -0.39 is 17.5 Å². The molecule has 0 amide bonds. The number of carbonyl (C=O) groups is 1. The van der Waals surface area contributed by atoms with Crippen molar-refractivity contribution in [2.45, 2.75) is 12.3 Å². The molecule has 1 aromatic carbocycles. The molecule has 0 radical (unpaired) electrons. The first-order valence-corrected chi connectivity index (χ1v) is 7.65. The first-order chi connectivity index (χ1) is 10.9. The van der Waals surface area contributed by atoms with Gasteiger partial charge in [-0.25, -0.2) is 4.98 Å². The van der Waals surface area contributed by atoms with Crippen LogP contribution in [-0.4, -0.2) is 37.1 Å². The zero-order valence-corrected chi connectivity index (χ0v) is 12.9. The Morgan fingerprint density at radius 1 is 1.39 bits per heavy atom. The van der Waals surface area contributed by atoms with E-state index in [0.29, 0.717) is 23.1 Å². The molecule has 2 heterocycles. The number of benzene rings is 1. The number of methoxy groups -OCH3 is 1. The fraction of sp³-hybridized carbons (Fsp3) is 0.333. The largest absolute Gasteiger partial charge is 0.416 e. The van der Waals surface area contributed by atoms with Gasteiger partial charge in [0, 0.05) is 25.8 Å². The monoisotopic (exact) mass is 342 g/mol. The van der Waals surface area contributed by atoms with E-state index >= 15 is 0 Å². The Morgan fingerprint density at radius 3 is 2.78 bits per heavy atom. The van der Waals surface area contributed by atoms with Crippen molar-refractivity contribution in [3.63, 3.8) is 0 Å². The van der Waals surface area contributed by atoms with Crippen molar-refractivity contribution in [1.82, 2.24) is 4.98 Å². The van der Waals surface area contributed by atoms with Crippen molar-refractivity contribution in [2.24, 2.45) is 0 Å². The van der Waals surface area contributed by atoms with Crippen LogP contribution in [0.4, 0.5) is 18.3 Å². The highest BCUT2D eigenvalue weighted by molar-refractivity contribution is 7.17. The predicted octanol–water partition coefficient (Wildman–Crippen LogP) is 3.23. The number of hydrogen-bond acceptors (Lipinski definition) is 5. The first kappa shape index (κ1) is 15.9. The summed E-state index contributed by atoms with van der Waals surface area (Å²) in [5.74, 6) is -0.455. The summed E-state index contributed by atoms with van der Waals surface area (Å²) >= 11 is 1.17. The third kappa shape index (κ3) is 3.23. The number of ketones is 1. The van der Waals surface area contributed by atoms with Gasteiger partial charge in [-0.05, 0) is 12.1 Å². The number of anilines is 1. The molecule has 0 bridgehead atoms. The topological polar surface area (TPSA) is 42.4 Å². The summed E-state index contributed by atoms with van der Waals surface area (Å²) in [5.41, 5.74) is -0.827. The molecule has 4 nitrogen and oxygen atoms in total. The molecule has 2 aromatic rings. The number of hydrogen-bond donors (Lipinski definition) is 0. The molecule has 0 atom stereocenters. The Morgan fingerprint density at radius 2 is 2.13 bits per heavy atom. The number of alkyl halides is 3. The van der Waals surface area contributed by atoms with Gasteiger partial charge < -0.3 is 9.64 Å². The average Bonchev–Trinajstić information content (AvgIpc) is 2.94. The second-order valence-corrected chi connectivity index (χ2v) is 6.19. The van der Waals surface area contributed by atoms with Gasteiger partial charge in [0.1, 0.15) is 0 Å². The van der Waals surface area contributed by atoms with Gasteiger partial charge in [-0.2, -0.15) is 13.2 Å². The van der Waals surface area contributed by atoms with Gasteiger partial charge in [0.25, 0.3) is 0 Å². The molecule has 1 aliphatic rings. The molecular weight excluding hydrogens is 329 g/mol. The Bertz CT molecular complexity index is 724. The fourth-order valence-electron chi connectivity index (χ4n) is 2.24. The molecule has 1 aromatic heterocycles. The van der Waals surface area contributed by atoms with E-state index in [0.717, 1.165) is 12.1 Å². The Kier molecular flexibility index (Phi) is 4.11. The molecule has 8 heteroatoms. The van der Waals surface area contributed by atoms with Crippen LogP contribution < -0.4 is 4.90 Å². The van der Waals surface area contributed by atoms with Gasteiger partial charge in [0.2, 0.25) is 5.78 Å². The van der Waals surface area contributed by atoms with Gasteiger partial charge in [-0.15, -0.1) is 0 Å². The number of thiazole rings is 1. The standard InChI is InChI=1S/C15H13F3N2O2S/c1-22-11-7-20(8-11)14-19-6-12(23-14)13(21)9-3-2-4-10(5-9)15(16,17)18/h2-6,11H,7-8H2,1H3. The second kappa shape index (κ2) is 5.93. The highest BCUT2D eigenvalue weighted by Gasteiger charge is 2.32. The Hall–Kier alpha value is -1.93. The number of aromatic nitrogens is 1. The van der Waals surface area contributed by atoms with Gasteiger partial charge in [-0.3, -0.25) is 4.79 Å². The second-order valence-electron chi connectivity index (χ2n) is 5.18. The van der Waals surface area contributed by atoms with Crippen LogP contribution in [0.3, 0.4) is 0 Å². The molecule has 1 saturated heterocycles. The van der Waals surface area contributed by atoms with Crippen LogP contribution in [0.15, 0.2) is 30.5 Å². The highest BCUT2D eigenvalue weighted by atomic mass is 32.1. The average molecular weight is 342 g/mol. The minimum atomic E-state index is -4.47. The summed E-state index contributed by atoms with van der Waals surface area (Å²) in [6, 6.07) is 4.42. The lowest BCUT2D eigenvalue weighted by Gasteiger charge is -2.37. The van der Waals surface area contributed by atoms with Crippen LogP contribution in [0.2, 0.25) is 0 Å². The lowest BCUT2D eigenvalue weighted by atomic mass is 10.1. The molecule has 0 unspecified atom stereocenters. The quantitative estimate of drug-likeness (QED) is 0.800. The van der Waals surface area contributed by atoms with E-state index in [1.54, 1.807) is 7.11 Å². The number of nitrogens with zero attached hydrogens (tertiary/aromatic N) is 2. The van der Waals surface area contributed by atoms with Crippen molar-refractivity contribution >= 4 is 22.3 Å². The van der Waals surface area contributed by atoms with Crippen LogP contribution in [-0.2, 0) is 10.9 Å². The maximum atomic E-state index is 12.7. The zero-order valence-electron chi connectivity index (χ0n) is 12.1. The number of halogens is 3. The molecule has 3 rings (SSSR count). The van der Waals surface area contributed by atoms with Crippen molar-refractivity contribution in [3.8, 4) is 0 Å². The van der Waals surface area contributed by atoms with E-state index in [4.69, 9.17) is 4.74 Å². The normalized spacial score (nSPS) is 15.6. The zero-order chi connectivity index (χ0) is 16.6. The number of rotatable bonds is 4. The van der Waals surface area contributed by atoms with Gasteiger partial charge in [-0.1, -0.05) is 23.5 Å². The summed E-state index contributed by atoms with van der Waals surface area (Å²) in [7, 11) is 1.63. The first-order valence-electron chi connectivity index (χ1n) is 6.84. The number of ether oxygens (including phenoxy) is 1. The molecule has 0 N–H and O–H groups in total. The van der Waals surface area contributed by atoms with Crippen molar-refractivity contribution in [2.75, 3.05) is 25.1 Å². The lowest BCUT2D eigenvalue weighted by Crippen LogP contribution is -2.51. The van der Waals surface area contributed by atoms with Crippen LogP contribution in [0.1, 0.15) is 20.8 Å². The Balaban J connectivity index is 1.78. The minimum absolute atomic E-state index is 0.00778. The molecule has 1 aliphatic heterocycles. The molecule has 0 saturated carbocycles. The van der Waals surface area contributed by atoms with Gasteiger partial charge in [0.15, 0.2) is 5.13 Å². The maximum Gasteiger partial charge on any atom is 0.416 e. The van der Waals surface area contributed by atoms with Crippen LogP contribution in [0.25, 0.3) is 0 Å². The van der Waals surface area contributed by atoms with E-state index in [1.807, 2.05) is 4.90 Å². The molecular formula is C15H13F3N2O2S. The summed E-state index contributed by atoms with van der Waals surface area (Å²) in [4.78, 5) is 18.8. The molecule has 122 valence electrons. The Labute approximate surface area is 134 Å². The number of carbonyl (C=O) groups excluding carboxylic acids is 1. The van der Waals surface area contributed by atoms with Crippen molar-refractivity contribution < 1.29 is 22.7 Å². The van der Waals surface area contributed by atoms with Crippen LogP contribution >= 0.6 is 11.3 Å². The third-order valence-electron chi connectivity index (χ3n) is 3.62. The molecule has 0 aliphatic carbocycles. The summed E-state index contributed by atoms with van der Waals surface area (Å²) in [5, 5.41) is 0.675. The van der Waals surface area contributed by atoms with Crippen molar-refractivity contribution in [3.05, 3.63) is 46.5 Å². The smallest absolute Gasteiger partial charge is 0.378 e. The summed E-state index contributed by atoms with van der Waals surface area (Å²) in [6.07, 6.45) is -2.91. The van der Waals surface area contributed by atoms with Gasteiger partial charge in [0.05, 0.1) is 22.7 Å². The molecule has 0 spiro atoms. The maximum absolute atomic E-state index is 12.7. The highest BCUT2D eigenvalue weighted by Crippen LogP contribution is 2.32. The minimum Gasteiger partial charge on any atom is -0.378 e. The predicted molar refractivity (Wildman–Crippen MR) is 80.0 cm³/mol. The van der Waals surface area contributed by atoms with Crippen LogP contribution in [0.5, 0.6) is 0 Å². The SMILES string of the molecule is COC1CN(c2ncc(C(=O)c3cccc(C(F)(F)F)c3)s2)C1. The van der Waals surface area contributed by atoms with Crippen LogP contribution in [0, 0.1) is 0 Å². The van der Waals surface area contributed by atoms with Crippen molar-refractivity contribution in [1.29, 1.82) is 0 Å². The van der Waals surface area contributed by atoms with E-state index in [-0.39, 0.29) is 11.7 Å². The molecule has 23 heavy (non-hydrogen) atoms. The fourth-order valence-corrected chi connectivity index (χ4v) is 3.13.